The third-order valence-electron chi connectivity index (χ3n) is 3.74. The monoisotopic (exact) mass is 276 g/mol. The van der Waals surface area contributed by atoms with Crippen LogP contribution in [0.3, 0.4) is 0 Å². The van der Waals surface area contributed by atoms with Gasteiger partial charge in [-0.3, -0.25) is 4.79 Å². The van der Waals surface area contributed by atoms with Crippen molar-refractivity contribution in [2.45, 2.75) is 26.0 Å². The van der Waals surface area contributed by atoms with Gasteiger partial charge in [0.2, 0.25) is 0 Å². The van der Waals surface area contributed by atoms with Crippen molar-refractivity contribution in [3.63, 3.8) is 0 Å². The van der Waals surface area contributed by atoms with Crippen molar-refractivity contribution < 1.29 is 9.53 Å². The largest absolute Gasteiger partial charge is 0.366 e. The molecule has 1 N–H and O–H groups in total. The zero-order valence-corrected chi connectivity index (χ0v) is 12.5. The Balaban J connectivity index is 2.14. The molecule has 1 amide bonds. The molecular formula is C16H24N2O2. The highest BCUT2D eigenvalue weighted by Crippen LogP contribution is 2.28. The minimum atomic E-state index is -0.362. The van der Waals surface area contributed by atoms with E-state index in [0.29, 0.717) is 19.1 Å². The molecule has 0 radical (unpaired) electrons. The minimum absolute atomic E-state index is 0.0553. The number of rotatable bonds is 4. The molecule has 2 rings (SSSR count). The van der Waals surface area contributed by atoms with E-state index in [1.165, 1.54) is 5.56 Å². The molecule has 4 heteroatoms. The van der Waals surface area contributed by atoms with Crippen LogP contribution in [-0.2, 0) is 9.53 Å². The first-order valence-electron chi connectivity index (χ1n) is 7.25. The van der Waals surface area contributed by atoms with Crippen molar-refractivity contribution >= 4 is 5.91 Å². The van der Waals surface area contributed by atoms with Gasteiger partial charge in [0.05, 0.1) is 12.6 Å². The SMILES string of the molecule is CC(C)C(c1ccccc1)N(C)C(=O)C1CNCCO1. The molecule has 20 heavy (non-hydrogen) atoms. The van der Waals surface area contributed by atoms with E-state index in [1.54, 1.807) is 0 Å². The molecule has 0 aromatic heterocycles. The minimum Gasteiger partial charge on any atom is -0.366 e. The number of hydrogen-bond acceptors (Lipinski definition) is 3. The van der Waals surface area contributed by atoms with Gasteiger partial charge >= 0.3 is 0 Å². The number of benzene rings is 1. The summed E-state index contributed by atoms with van der Waals surface area (Å²) in [6, 6.07) is 10.3. The van der Waals surface area contributed by atoms with Crippen molar-refractivity contribution in [3.8, 4) is 0 Å². The molecule has 0 bridgehead atoms. The van der Waals surface area contributed by atoms with Gasteiger partial charge in [0.15, 0.2) is 0 Å². The summed E-state index contributed by atoms with van der Waals surface area (Å²) in [7, 11) is 1.87. The van der Waals surface area contributed by atoms with Crippen LogP contribution in [0.4, 0.5) is 0 Å². The summed E-state index contributed by atoms with van der Waals surface area (Å²) >= 11 is 0. The molecule has 2 unspecified atom stereocenters. The van der Waals surface area contributed by atoms with Crippen LogP contribution in [0.1, 0.15) is 25.5 Å². The van der Waals surface area contributed by atoms with E-state index < -0.39 is 0 Å². The smallest absolute Gasteiger partial charge is 0.253 e. The summed E-state index contributed by atoms with van der Waals surface area (Å²) in [6.45, 7) is 6.30. The van der Waals surface area contributed by atoms with E-state index in [-0.39, 0.29) is 18.1 Å². The van der Waals surface area contributed by atoms with Gasteiger partial charge in [-0.2, -0.15) is 0 Å². The maximum atomic E-state index is 12.6. The first-order chi connectivity index (χ1) is 9.61. The normalized spacial score (nSPS) is 20.7. The number of morpholine rings is 1. The first kappa shape index (κ1) is 15.0. The molecule has 0 spiro atoms. The highest BCUT2D eigenvalue weighted by molar-refractivity contribution is 5.81. The maximum Gasteiger partial charge on any atom is 0.253 e. The van der Waals surface area contributed by atoms with E-state index in [2.05, 4.69) is 31.3 Å². The molecule has 110 valence electrons. The number of amides is 1. The molecule has 1 aromatic rings. The number of carbonyl (C=O) groups excluding carboxylic acids is 1. The molecule has 1 heterocycles. The second-order valence-corrected chi connectivity index (χ2v) is 5.61. The van der Waals surface area contributed by atoms with Crippen LogP contribution in [0.25, 0.3) is 0 Å². The molecule has 1 fully saturated rings. The highest BCUT2D eigenvalue weighted by Gasteiger charge is 2.31. The van der Waals surface area contributed by atoms with Crippen molar-refractivity contribution in [3.05, 3.63) is 35.9 Å². The van der Waals surface area contributed by atoms with Crippen molar-refractivity contribution in [1.29, 1.82) is 0 Å². The third-order valence-corrected chi connectivity index (χ3v) is 3.74. The Bertz CT molecular complexity index is 427. The first-order valence-corrected chi connectivity index (χ1v) is 7.25. The fourth-order valence-corrected chi connectivity index (χ4v) is 2.79. The van der Waals surface area contributed by atoms with Gasteiger partial charge in [0.1, 0.15) is 6.10 Å². The highest BCUT2D eigenvalue weighted by atomic mass is 16.5. The quantitative estimate of drug-likeness (QED) is 0.912. The zero-order chi connectivity index (χ0) is 14.5. The predicted molar refractivity (Wildman–Crippen MR) is 79.4 cm³/mol. The molecule has 1 saturated heterocycles. The van der Waals surface area contributed by atoms with Crippen LogP contribution in [0, 0.1) is 5.92 Å². The average molecular weight is 276 g/mol. The Hall–Kier alpha value is -1.39. The maximum absolute atomic E-state index is 12.6. The van der Waals surface area contributed by atoms with E-state index >= 15 is 0 Å². The lowest BCUT2D eigenvalue weighted by molar-refractivity contribution is -0.147. The van der Waals surface area contributed by atoms with E-state index in [1.807, 2.05) is 30.1 Å². The molecule has 1 aliphatic rings. The van der Waals surface area contributed by atoms with Gasteiger partial charge in [-0.1, -0.05) is 44.2 Å². The van der Waals surface area contributed by atoms with Crippen molar-refractivity contribution in [2.24, 2.45) is 5.92 Å². The molecule has 1 aliphatic heterocycles. The van der Waals surface area contributed by atoms with Gasteiger partial charge in [-0.05, 0) is 11.5 Å². The van der Waals surface area contributed by atoms with Crippen LogP contribution in [0.2, 0.25) is 0 Å². The number of ether oxygens (including phenoxy) is 1. The summed E-state index contributed by atoms with van der Waals surface area (Å²) in [5, 5.41) is 3.21. The van der Waals surface area contributed by atoms with E-state index in [0.717, 1.165) is 6.54 Å². The Morgan fingerprint density at radius 1 is 1.35 bits per heavy atom. The standard InChI is InChI=1S/C16H24N2O2/c1-12(2)15(13-7-5-4-6-8-13)18(3)16(19)14-11-17-9-10-20-14/h4-8,12,14-15,17H,9-11H2,1-3H3. The van der Waals surface area contributed by atoms with Crippen LogP contribution in [0.15, 0.2) is 30.3 Å². The number of nitrogens with zero attached hydrogens (tertiary/aromatic N) is 1. The Kier molecular flexibility index (Phi) is 5.15. The summed E-state index contributed by atoms with van der Waals surface area (Å²) in [4.78, 5) is 14.4. The number of likely N-dealkylation sites (N-methyl/N-ethyl adjacent to an activating group) is 1. The Morgan fingerprint density at radius 2 is 2.05 bits per heavy atom. The Morgan fingerprint density at radius 3 is 2.60 bits per heavy atom. The van der Waals surface area contributed by atoms with Crippen molar-refractivity contribution in [2.75, 3.05) is 26.7 Å². The second kappa shape index (κ2) is 6.86. The van der Waals surface area contributed by atoms with Gasteiger partial charge in [-0.25, -0.2) is 0 Å². The van der Waals surface area contributed by atoms with Gasteiger partial charge in [-0.15, -0.1) is 0 Å². The summed E-state index contributed by atoms with van der Waals surface area (Å²) in [5.74, 6) is 0.405. The molecule has 0 aliphatic carbocycles. The number of nitrogens with one attached hydrogen (secondary N) is 1. The van der Waals surface area contributed by atoms with Crippen LogP contribution < -0.4 is 5.32 Å². The van der Waals surface area contributed by atoms with Gasteiger partial charge in [0, 0.05) is 20.1 Å². The topological polar surface area (TPSA) is 41.6 Å². The lowest BCUT2D eigenvalue weighted by Gasteiger charge is -2.35. The molecule has 0 saturated carbocycles. The predicted octanol–water partition coefficient (Wildman–Crippen LogP) is 1.83. The second-order valence-electron chi connectivity index (χ2n) is 5.61. The van der Waals surface area contributed by atoms with E-state index in [9.17, 15) is 4.79 Å². The van der Waals surface area contributed by atoms with Crippen LogP contribution in [0.5, 0.6) is 0 Å². The third kappa shape index (κ3) is 3.38. The van der Waals surface area contributed by atoms with Crippen molar-refractivity contribution in [1.82, 2.24) is 10.2 Å². The number of hydrogen-bond donors (Lipinski definition) is 1. The Labute approximate surface area is 121 Å². The van der Waals surface area contributed by atoms with E-state index in [4.69, 9.17) is 4.74 Å². The zero-order valence-electron chi connectivity index (χ0n) is 12.5. The molecule has 2 atom stereocenters. The lowest BCUT2D eigenvalue weighted by Crippen LogP contribution is -2.49. The molecule has 4 nitrogen and oxygen atoms in total. The van der Waals surface area contributed by atoms with Gasteiger partial charge in [0.25, 0.3) is 5.91 Å². The summed E-state index contributed by atoms with van der Waals surface area (Å²) in [6.07, 6.45) is -0.362. The number of carbonyl (C=O) groups is 1. The molecule has 1 aromatic carbocycles. The average Bonchev–Trinajstić information content (AvgIpc) is 2.48. The summed E-state index contributed by atoms with van der Waals surface area (Å²) in [5.41, 5.74) is 1.17. The van der Waals surface area contributed by atoms with Crippen LogP contribution in [-0.4, -0.2) is 43.7 Å². The lowest BCUT2D eigenvalue weighted by atomic mass is 9.94. The fourth-order valence-electron chi connectivity index (χ4n) is 2.79. The fraction of sp³-hybridized carbons (Fsp3) is 0.562. The van der Waals surface area contributed by atoms with Gasteiger partial charge < -0.3 is 15.0 Å². The summed E-state index contributed by atoms with van der Waals surface area (Å²) < 4.78 is 5.57. The van der Waals surface area contributed by atoms with Crippen LogP contribution >= 0.6 is 0 Å². The molecular weight excluding hydrogens is 252 g/mol.